The summed E-state index contributed by atoms with van der Waals surface area (Å²) in [7, 11) is 0. The Kier molecular flexibility index (Phi) is 15.5. The van der Waals surface area contributed by atoms with Gasteiger partial charge >= 0.3 is 0 Å². The molecule has 0 aliphatic heterocycles. The van der Waals surface area contributed by atoms with Crippen molar-refractivity contribution in [1.82, 2.24) is 14.9 Å². The Labute approximate surface area is 244 Å². The van der Waals surface area contributed by atoms with Crippen LogP contribution in [0.3, 0.4) is 0 Å². The summed E-state index contributed by atoms with van der Waals surface area (Å²) in [6.45, 7) is 6.07. The number of para-hydroxylation sites is 2. The Hall–Kier alpha value is -2.62. The topological polar surface area (TPSA) is 46.9 Å². The van der Waals surface area contributed by atoms with Crippen LogP contribution in [0.15, 0.2) is 48.5 Å². The van der Waals surface area contributed by atoms with Crippen molar-refractivity contribution in [3.8, 4) is 0 Å². The van der Waals surface area contributed by atoms with Gasteiger partial charge in [0.1, 0.15) is 5.82 Å². The molecule has 1 N–H and O–H groups in total. The zero-order chi connectivity index (χ0) is 28.3. The summed E-state index contributed by atoms with van der Waals surface area (Å²) >= 11 is 0. The summed E-state index contributed by atoms with van der Waals surface area (Å²) in [6, 6.07) is 16.4. The number of aryl methyl sites for hydroxylation is 3. The number of fused-ring (bicyclic) bond motifs is 1. The highest BCUT2D eigenvalue weighted by Gasteiger charge is 2.11. The van der Waals surface area contributed by atoms with Crippen LogP contribution in [-0.4, -0.2) is 22.0 Å². The Bertz CT molecular complexity index is 1100. The Morgan fingerprint density at radius 1 is 0.700 bits per heavy atom. The number of nitrogens with one attached hydrogen (secondary N) is 1. The summed E-state index contributed by atoms with van der Waals surface area (Å²) in [5.41, 5.74) is 4.20. The predicted molar refractivity (Wildman–Crippen MR) is 171 cm³/mol. The van der Waals surface area contributed by atoms with Crippen LogP contribution in [-0.2, 0) is 13.0 Å². The fourth-order valence-corrected chi connectivity index (χ4v) is 5.74. The summed E-state index contributed by atoms with van der Waals surface area (Å²) in [4.78, 5) is 17.4. The summed E-state index contributed by atoms with van der Waals surface area (Å²) in [5.74, 6) is 1.26. The van der Waals surface area contributed by atoms with E-state index < -0.39 is 0 Å². The largest absolute Gasteiger partial charge is 0.352 e. The summed E-state index contributed by atoms with van der Waals surface area (Å²) < 4.78 is 2.47. The van der Waals surface area contributed by atoms with Crippen molar-refractivity contribution >= 4 is 16.9 Å². The van der Waals surface area contributed by atoms with Gasteiger partial charge in [-0.2, -0.15) is 0 Å². The first-order chi connectivity index (χ1) is 19.7. The van der Waals surface area contributed by atoms with Crippen molar-refractivity contribution in [3.63, 3.8) is 0 Å². The van der Waals surface area contributed by atoms with Gasteiger partial charge < -0.3 is 9.88 Å². The number of hydrogen-bond acceptors (Lipinski definition) is 2. The van der Waals surface area contributed by atoms with Gasteiger partial charge in [0.25, 0.3) is 5.91 Å². The molecule has 4 heteroatoms. The van der Waals surface area contributed by atoms with Crippen molar-refractivity contribution in [2.24, 2.45) is 0 Å². The van der Waals surface area contributed by atoms with E-state index in [4.69, 9.17) is 4.98 Å². The minimum atomic E-state index is 0.0352. The first-order valence-corrected chi connectivity index (χ1v) is 16.5. The Morgan fingerprint density at radius 3 is 1.95 bits per heavy atom. The van der Waals surface area contributed by atoms with Crippen molar-refractivity contribution in [1.29, 1.82) is 0 Å². The predicted octanol–water partition coefficient (Wildman–Crippen LogP) is 9.97. The maximum absolute atomic E-state index is 12.4. The van der Waals surface area contributed by atoms with Gasteiger partial charge in [-0.15, -0.1) is 0 Å². The van der Waals surface area contributed by atoms with Gasteiger partial charge in [0.15, 0.2) is 0 Å². The Morgan fingerprint density at radius 2 is 1.27 bits per heavy atom. The highest BCUT2D eigenvalue weighted by atomic mass is 16.1. The fraction of sp³-hybridized carbons (Fsp3) is 0.611. The molecule has 3 aromatic rings. The van der Waals surface area contributed by atoms with E-state index in [1.807, 2.05) is 31.2 Å². The lowest BCUT2D eigenvalue weighted by Gasteiger charge is -2.10. The number of nitrogens with zero attached hydrogens (tertiary/aromatic N) is 2. The van der Waals surface area contributed by atoms with Gasteiger partial charge in [-0.25, -0.2) is 4.98 Å². The number of benzene rings is 2. The molecule has 1 amide bonds. The van der Waals surface area contributed by atoms with Gasteiger partial charge in [-0.3, -0.25) is 4.79 Å². The number of carbonyl (C=O) groups excluding carboxylic acids is 1. The third-order valence-corrected chi connectivity index (χ3v) is 8.22. The van der Waals surface area contributed by atoms with Gasteiger partial charge in [0.05, 0.1) is 11.0 Å². The number of rotatable bonds is 22. The zero-order valence-corrected chi connectivity index (χ0v) is 25.6. The van der Waals surface area contributed by atoms with Crippen LogP contribution in [0.1, 0.15) is 138 Å². The molecule has 0 fully saturated rings. The molecule has 220 valence electrons. The third kappa shape index (κ3) is 11.5. The van der Waals surface area contributed by atoms with Crippen LogP contribution in [0, 0.1) is 6.92 Å². The molecule has 40 heavy (non-hydrogen) atoms. The molecule has 4 nitrogen and oxygen atoms in total. The first-order valence-electron chi connectivity index (χ1n) is 16.5. The number of carbonyl (C=O) groups is 1. The van der Waals surface area contributed by atoms with E-state index >= 15 is 0 Å². The maximum Gasteiger partial charge on any atom is 0.251 e. The molecule has 2 aromatic carbocycles. The fourth-order valence-electron chi connectivity index (χ4n) is 5.74. The molecule has 1 heterocycles. The molecule has 0 spiro atoms. The minimum Gasteiger partial charge on any atom is -0.352 e. The van der Waals surface area contributed by atoms with Crippen LogP contribution in [0.4, 0.5) is 0 Å². The van der Waals surface area contributed by atoms with Crippen molar-refractivity contribution < 1.29 is 4.79 Å². The molecule has 0 bridgehead atoms. The van der Waals surface area contributed by atoms with E-state index in [9.17, 15) is 4.79 Å². The highest BCUT2D eigenvalue weighted by molar-refractivity contribution is 5.95. The average molecular weight is 546 g/mol. The van der Waals surface area contributed by atoms with Crippen LogP contribution >= 0.6 is 0 Å². The minimum absolute atomic E-state index is 0.0352. The summed E-state index contributed by atoms with van der Waals surface area (Å²) in [6.07, 6.45) is 23.7. The van der Waals surface area contributed by atoms with Gasteiger partial charge in [0.2, 0.25) is 0 Å². The quantitative estimate of drug-likeness (QED) is 0.128. The number of amides is 1. The monoisotopic (exact) mass is 545 g/mol. The lowest BCUT2D eigenvalue weighted by molar-refractivity contribution is 0.0952. The van der Waals surface area contributed by atoms with Gasteiger partial charge in [-0.05, 0) is 49.9 Å². The summed E-state index contributed by atoms with van der Waals surface area (Å²) in [5, 5.41) is 3.08. The lowest BCUT2D eigenvalue weighted by Crippen LogP contribution is -2.25. The van der Waals surface area contributed by atoms with Gasteiger partial charge in [-0.1, -0.05) is 127 Å². The second kappa shape index (κ2) is 19.5. The number of unbranched alkanes of at least 4 members (excludes halogenated alkanes) is 15. The standard InChI is InChI=1S/C36H55N3O/c1-3-4-5-6-7-8-9-10-11-12-13-14-15-23-30-39-34-27-21-20-26-33(34)38-35(39)28-17-16-22-29-37-36(40)32-25-19-18-24-31(32)2/h18-21,24-27H,3-17,22-23,28-30H2,1-2H3,(H,37,40). The van der Waals surface area contributed by atoms with Crippen LogP contribution < -0.4 is 5.32 Å². The van der Waals surface area contributed by atoms with E-state index in [0.29, 0.717) is 0 Å². The molecule has 3 rings (SSSR count). The smallest absolute Gasteiger partial charge is 0.251 e. The van der Waals surface area contributed by atoms with Crippen molar-refractivity contribution in [3.05, 3.63) is 65.5 Å². The number of imidazole rings is 1. The lowest BCUT2D eigenvalue weighted by atomic mass is 10.0. The molecule has 0 radical (unpaired) electrons. The zero-order valence-electron chi connectivity index (χ0n) is 25.6. The molecule has 0 aliphatic rings. The molecular weight excluding hydrogens is 490 g/mol. The molecule has 0 unspecified atom stereocenters. The molecule has 0 atom stereocenters. The van der Waals surface area contributed by atoms with Crippen LogP contribution in [0.25, 0.3) is 11.0 Å². The van der Waals surface area contributed by atoms with E-state index in [1.54, 1.807) is 0 Å². The molecule has 0 saturated heterocycles. The maximum atomic E-state index is 12.4. The third-order valence-electron chi connectivity index (χ3n) is 8.22. The van der Waals surface area contributed by atoms with Crippen LogP contribution in [0.2, 0.25) is 0 Å². The van der Waals surface area contributed by atoms with Gasteiger partial charge in [0, 0.05) is 25.1 Å². The van der Waals surface area contributed by atoms with E-state index in [-0.39, 0.29) is 5.91 Å². The average Bonchev–Trinajstić information content (AvgIpc) is 3.32. The molecule has 0 saturated carbocycles. The van der Waals surface area contributed by atoms with E-state index in [2.05, 4.69) is 41.1 Å². The second-order valence-electron chi connectivity index (χ2n) is 11.6. The van der Waals surface area contributed by atoms with E-state index in [0.717, 1.165) is 55.4 Å². The van der Waals surface area contributed by atoms with E-state index in [1.165, 1.54) is 101 Å². The van der Waals surface area contributed by atoms with Crippen LogP contribution in [0.5, 0.6) is 0 Å². The number of hydrogen-bond donors (Lipinski definition) is 1. The molecule has 1 aromatic heterocycles. The van der Waals surface area contributed by atoms with Crippen molar-refractivity contribution in [2.75, 3.05) is 6.54 Å². The molecule has 0 aliphatic carbocycles. The number of aromatic nitrogens is 2. The normalized spacial score (nSPS) is 11.3. The SMILES string of the molecule is CCCCCCCCCCCCCCCCn1c(CCCCCNC(=O)c2ccccc2C)nc2ccccc21. The second-order valence-corrected chi connectivity index (χ2v) is 11.6. The highest BCUT2D eigenvalue weighted by Crippen LogP contribution is 2.20. The Balaban J connectivity index is 1.28. The molecular formula is C36H55N3O. The first kappa shape index (κ1) is 31.9. The van der Waals surface area contributed by atoms with Crippen molar-refractivity contribution in [2.45, 2.75) is 136 Å².